The summed E-state index contributed by atoms with van der Waals surface area (Å²) in [4.78, 5) is 41.2. The number of carbonyl (C=O) groups is 3. The standard InChI is InChI=1S/C30H39ClN2O8/c1-30(2,18-34)17-33(26(36)12-11-25(35)32-13-7-8-19(16-32)29(38)39)27-22(14-20(31)15-24(27)41-4)28(37)21-9-5-6-10-23(21)40-3/h5-6,9-10,14-15,19,28,34,37H,7-8,11-13,16-18H2,1-4H3,(H,38,39)/t19-,28+/m0/s1. The molecule has 0 saturated carbocycles. The topological polar surface area (TPSA) is 137 Å². The summed E-state index contributed by atoms with van der Waals surface area (Å²) in [7, 11) is 2.91. The van der Waals surface area contributed by atoms with Crippen LogP contribution in [0.2, 0.25) is 5.02 Å². The van der Waals surface area contributed by atoms with E-state index in [4.69, 9.17) is 21.1 Å². The molecule has 0 aromatic heterocycles. The van der Waals surface area contributed by atoms with E-state index in [-0.39, 0.29) is 60.5 Å². The average molecular weight is 591 g/mol. The van der Waals surface area contributed by atoms with E-state index in [9.17, 15) is 29.7 Å². The Balaban J connectivity index is 2.00. The van der Waals surface area contributed by atoms with Crippen LogP contribution in [0.25, 0.3) is 0 Å². The maximum atomic E-state index is 13.9. The summed E-state index contributed by atoms with van der Waals surface area (Å²) in [6.07, 6.45) is -0.467. The molecular formula is C30H39ClN2O8. The lowest BCUT2D eigenvalue weighted by Gasteiger charge is -2.35. The molecule has 0 spiro atoms. The van der Waals surface area contributed by atoms with E-state index in [0.29, 0.717) is 30.7 Å². The SMILES string of the molecule is COc1ccccc1[C@@H](O)c1cc(Cl)cc(OC)c1N(CC(C)(C)CO)C(=O)CCC(=O)N1CCC[C@H](C(=O)O)C1. The highest BCUT2D eigenvalue weighted by Crippen LogP contribution is 2.43. The highest BCUT2D eigenvalue weighted by Gasteiger charge is 2.33. The summed E-state index contributed by atoms with van der Waals surface area (Å²) in [5, 5.41) is 31.3. The summed E-state index contributed by atoms with van der Waals surface area (Å²) in [6.45, 7) is 3.95. The minimum absolute atomic E-state index is 0.0466. The first-order valence-corrected chi connectivity index (χ1v) is 13.9. The molecule has 2 amide bonds. The largest absolute Gasteiger partial charge is 0.496 e. The van der Waals surface area contributed by atoms with Crippen LogP contribution >= 0.6 is 11.6 Å². The van der Waals surface area contributed by atoms with Gasteiger partial charge in [-0.1, -0.05) is 43.6 Å². The van der Waals surface area contributed by atoms with Crippen molar-refractivity contribution < 1.29 is 39.2 Å². The number of hydrogen-bond acceptors (Lipinski definition) is 7. The van der Waals surface area contributed by atoms with Gasteiger partial charge in [-0.15, -0.1) is 0 Å². The Morgan fingerprint density at radius 3 is 2.41 bits per heavy atom. The lowest BCUT2D eigenvalue weighted by molar-refractivity contribution is -0.146. The average Bonchev–Trinajstić information content (AvgIpc) is 2.97. The number of anilines is 1. The second kappa shape index (κ2) is 14.0. The molecule has 0 radical (unpaired) electrons. The molecule has 2 aromatic rings. The van der Waals surface area contributed by atoms with Crippen LogP contribution in [0.5, 0.6) is 11.5 Å². The number of amides is 2. The van der Waals surface area contributed by atoms with Gasteiger partial charge < -0.3 is 34.6 Å². The van der Waals surface area contributed by atoms with Crippen molar-refractivity contribution in [1.82, 2.24) is 4.90 Å². The fraction of sp³-hybridized carbons (Fsp3) is 0.500. The maximum absolute atomic E-state index is 13.9. The van der Waals surface area contributed by atoms with Gasteiger partial charge in [0, 0.05) is 66.7 Å². The Labute approximate surface area is 245 Å². The second-order valence-corrected chi connectivity index (χ2v) is 11.4. The molecule has 0 bridgehead atoms. The summed E-state index contributed by atoms with van der Waals surface area (Å²) >= 11 is 6.42. The van der Waals surface area contributed by atoms with Gasteiger partial charge in [-0.25, -0.2) is 0 Å². The number of carboxylic acid groups (broad SMARTS) is 1. The number of piperidine rings is 1. The van der Waals surface area contributed by atoms with Crippen molar-refractivity contribution in [1.29, 1.82) is 0 Å². The molecule has 41 heavy (non-hydrogen) atoms. The van der Waals surface area contributed by atoms with E-state index in [1.165, 1.54) is 30.1 Å². The van der Waals surface area contributed by atoms with Crippen LogP contribution in [-0.4, -0.2) is 78.5 Å². The fourth-order valence-corrected chi connectivity index (χ4v) is 5.21. The molecule has 0 unspecified atom stereocenters. The number of nitrogens with zero attached hydrogens (tertiary/aromatic N) is 2. The smallest absolute Gasteiger partial charge is 0.308 e. The van der Waals surface area contributed by atoms with Crippen molar-refractivity contribution >= 4 is 35.1 Å². The summed E-state index contributed by atoms with van der Waals surface area (Å²) in [5.41, 5.74) is 0.242. The van der Waals surface area contributed by atoms with E-state index in [0.717, 1.165) is 0 Å². The number of hydrogen-bond donors (Lipinski definition) is 3. The Bertz CT molecular complexity index is 1250. The minimum Gasteiger partial charge on any atom is -0.496 e. The lowest BCUT2D eigenvalue weighted by Crippen LogP contribution is -2.44. The zero-order valence-corrected chi connectivity index (χ0v) is 24.7. The van der Waals surface area contributed by atoms with Crippen molar-refractivity contribution in [3.05, 3.63) is 52.5 Å². The predicted octanol–water partition coefficient (Wildman–Crippen LogP) is 3.89. The lowest BCUT2D eigenvalue weighted by atomic mass is 9.92. The van der Waals surface area contributed by atoms with Gasteiger partial charge >= 0.3 is 5.97 Å². The van der Waals surface area contributed by atoms with E-state index in [1.807, 2.05) is 0 Å². The van der Waals surface area contributed by atoms with Gasteiger partial charge in [0.05, 0.1) is 25.8 Å². The summed E-state index contributed by atoms with van der Waals surface area (Å²) < 4.78 is 11.1. The van der Waals surface area contributed by atoms with Crippen molar-refractivity contribution in [3.63, 3.8) is 0 Å². The Morgan fingerprint density at radius 2 is 1.78 bits per heavy atom. The van der Waals surface area contributed by atoms with Crippen LogP contribution in [0.1, 0.15) is 56.8 Å². The first-order chi connectivity index (χ1) is 19.4. The molecule has 10 nitrogen and oxygen atoms in total. The highest BCUT2D eigenvalue weighted by molar-refractivity contribution is 6.31. The molecule has 3 rings (SSSR count). The van der Waals surface area contributed by atoms with E-state index < -0.39 is 29.3 Å². The molecule has 2 aromatic carbocycles. The number of rotatable bonds is 12. The number of carboxylic acids is 1. The number of aliphatic hydroxyl groups is 2. The molecule has 2 atom stereocenters. The number of likely N-dealkylation sites (tertiary alicyclic amines) is 1. The van der Waals surface area contributed by atoms with Gasteiger partial charge in [0.25, 0.3) is 0 Å². The van der Waals surface area contributed by atoms with Crippen molar-refractivity contribution in [2.24, 2.45) is 11.3 Å². The van der Waals surface area contributed by atoms with Gasteiger partial charge in [0.15, 0.2) is 0 Å². The van der Waals surface area contributed by atoms with Gasteiger partial charge in [-0.05, 0) is 25.0 Å². The number of carbonyl (C=O) groups excluding carboxylic acids is 2. The zero-order valence-electron chi connectivity index (χ0n) is 23.9. The Kier molecular flexibility index (Phi) is 11.0. The van der Waals surface area contributed by atoms with Gasteiger partial charge in [0.2, 0.25) is 11.8 Å². The number of aliphatic carboxylic acids is 1. The number of aliphatic hydroxyl groups excluding tert-OH is 2. The molecule has 1 fully saturated rings. The van der Waals surface area contributed by atoms with Gasteiger partial charge in [0.1, 0.15) is 17.6 Å². The zero-order chi connectivity index (χ0) is 30.3. The van der Waals surface area contributed by atoms with Crippen LogP contribution < -0.4 is 14.4 Å². The number of halogens is 1. The number of para-hydroxylation sites is 1. The van der Waals surface area contributed by atoms with Crippen LogP contribution in [0.4, 0.5) is 5.69 Å². The van der Waals surface area contributed by atoms with Gasteiger partial charge in [-0.2, -0.15) is 0 Å². The second-order valence-electron chi connectivity index (χ2n) is 11.0. The third-order valence-corrected chi connectivity index (χ3v) is 7.50. The molecule has 1 heterocycles. The Morgan fingerprint density at radius 1 is 1.10 bits per heavy atom. The number of ether oxygens (including phenoxy) is 2. The fourth-order valence-electron chi connectivity index (χ4n) is 4.99. The summed E-state index contributed by atoms with van der Waals surface area (Å²) in [5.74, 6) is -1.63. The van der Waals surface area contributed by atoms with Crippen LogP contribution in [0.3, 0.4) is 0 Å². The van der Waals surface area contributed by atoms with Crippen LogP contribution in [0.15, 0.2) is 36.4 Å². The van der Waals surface area contributed by atoms with E-state index in [1.54, 1.807) is 44.2 Å². The molecule has 0 aliphatic carbocycles. The monoisotopic (exact) mass is 590 g/mol. The molecule has 1 saturated heterocycles. The van der Waals surface area contributed by atoms with E-state index >= 15 is 0 Å². The maximum Gasteiger partial charge on any atom is 0.308 e. The third-order valence-electron chi connectivity index (χ3n) is 7.28. The summed E-state index contributed by atoms with van der Waals surface area (Å²) in [6, 6.07) is 10.0. The van der Waals surface area contributed by atoms with Gasteiger partial charge in [-0.3, -0.25) is 14.4 Å². The first-order valence-electron chi connectivity index (χ1n) is 13.5. The quantitative estimate of drug-likeness (QED) is 0.339. The predicted molar refractivity (Wildman–Crippen MR) is 154 cm³/mol. The van der Waals surface area contributed by atoms with Crippen molar-refractivity contribution in [2.45, 2.75) is 45.6 Å². The number of benzene rings is 2. The first kappa shape index (κ1) is 32.2. The molecule has 1 aliphatic heterocycles. The van der Waals surface area contributed by atoms with E-state index in [2.05, 4.69) is 0 Å². The highest BCUT2D eigenvalue weighted by atomic mass is 35.5. The molecule has 1 aliphatic rings. The van der Waals surface area contributed by atoms with Crippen LogP contribution in [0, 0.1) is 11.3 Å². The molecule has 11 heteroatoms. The normalized spacial score (nSPS) is 16.2. The Hall–Kier alpha value is -3.34. The molecular weight excluding hydrogens is 552 g/mol. The minimum atomic E-state index is -1.26. The van der Waals surface area contributed by atoms with Crippen molar-refractivity contribution in [2.75, 3.05) is 45.4 Å². The van der Waals surface area contributed by atoms with Crippen LogP contribution in [-0.2, 0) is 14.4 Å². The number of methoxy groups -OCH3 is 2. The molecule has 224 valence electrons. The van der Waals surface area contributed by atoms with Crippen molar-refractivity contribution in [3.8, 4) is 11.5 Å². The third kappa shape index (κ3) is 7.90. The molecule has 3 N–H and O–H groups in total.